The van der Waals surface area contributed by atoms with E-state index in [1.54, 1.807) is 9.47 Å². The number of carbonyl (C=O) groups excluding carboxylic acids is 2. The Labute approximate surface area is 271 Å². The van der Waals surface area contributed by atoms with Crippen LogP contribution < -0.4 is 10.9 Å². The van der Waals surface area contributed by atoms with Gasteiger partial charge >= 0.3 is 6.18 Å². The van der Waals surface area contributed by atoms with E-state index in [1.807, 2.05) is 13.0 Å². The first-order chi connectivity index (χ1) is 22.9. The van der Waals surface area contributed by atoms with Gasteiger partial charge in [0.25, 0.3) is 11.5 Å². The van der Waals surface area contributed by atoms with Crippen molar-refractivity contribution in [3.63, 3.8) is 0 Å². The van der Waals surface area contributed by atoms with Gasteiger partial charge in [-0.25, -0.2) is 4.98 Å². The van der Waals surface area contributed by atoms with Crippen molar-refractivity contribution < 1.29 is 32.6 Å². The fourth-order valence-corrected chi connectivity index (χ4v) is 7.28. The van der Waals surface area contributed by atoms with Gasteiger partial charge in [0, 0.05) is 41.6 Å². The number of hydrogen-bond donors (Lipinski definition) is 2. The molecule has 0 saturated carbocycles. The van der Waals surface area contributed by atoms with Crippen molar-refractivity contribution in [3.05, 3.63) is 87.4 Å². The Bertz CT molecular complexity index is 2010. The second-order valence-corrected chi connectivity index (χ2v) is 12.5. The van der Waals surface area contributed by atoms with Gasteiger partial charge in [0.15, 0.2) is 11.5 Å². The number of piperidine rings is 1. The fourth-order valence-electron chi connectivity index (χ4n) is 7.28. The number of benzene rings is 1. The number of amides is 2. The van der Waals surface area contributed by atoms with Gasteiger partial charge in [-0.15, -0.1) is 5.10 Å². The first-order valence-electron chi connectivity index (χ1n) is 15.7. The number of carbonyl (C=O) groups is 2. The number of anilines is 1. The number of hydrogen-bond acceptors (Lipinski definition) is 8. The number of rotatable bonds is 5. The topological polar surface area (TPSA) is 144 Å². The largest absolute Gasteiger partial charge is 0.505 e. The van der Waals surface area contributed by atoms with Gasteiger partial charge in [-0.2, -0.15) is 22.7 Å². The zero-order chi connectivity index (χ0) is 33.8. The van der Waals surface area contributed by atoms with Crippen LogP contribution in [-0.4, -0.2) is 72.3 Å². The van der Waals surface area contributed by atoms with E-state index in [9.17, 15) is 32.7 Å². The van der Waals surface area contributed by atoms with E-state index in [0.717, 1.165) is 17.7 Å². The van der Waals surface area contributed by atoms with Gasteiger partial charge in [-0.3, -0.25) is 14.4 Å². The van der Waals surface area contributed by atoms with Crippen molar-refractivity contribution in [2.45, 2.75) is 56.7 Å². The Morgan fingerprint density at radius 2 is 1.90 bits per heavy atom. The molecule has 15 heteroatoms. The van der Waals surface area contributed by atoms with Crippen LogP contribution in [0, 0.1) is 0 Å². The number of fused-ring (bicyclic) bond motifs is 3. The molecule has 4 aromatic rings. The average Bonchev–Trinajstić information content (AvgIpc) is 3.64. The standard InChI is InChI=1S/C33H32F3N7O5/c1-19-17-32(10-13-41(14-11-32)30(47)26-23(44)3-2-12-37-26)25-27(19)42(18-24(45)38-22-6-4-21(5-7-22)33(34,35)36)31-39-28(40-43(31)29(25)46)20-8-15-48-16-9-20/h2-8,12,19,44H,9-11,13-18H2,1H3,(H,38,45)/t19-/m1/s1. The van der Waals surface area contributed by atoms with Gasteiger partial charge < -0.3 is 24.6 Å². The van der Waals surface area contributed by atoms with Crippen LogP contribution in [0.25, 0.3) is 11.4 Å². The lowest BCUT2D eigenvalue weighted by Crippen LogP contribution is -2.46. The number of halogens is 3. The lowest BCUT2D eigenvalue weighted by atomic mass is 9.73. The Morgan fingerprint density at radius 3 is 2.56 bits per heavy atom. The van der Waals surface area contributed by atoms with Crippen molar-refractivity contribution in [1.29, 1.82) is 0 Å². The van der Waals surface area contributed by atoms with E-state index in [0.29, 0.717) is 69.1 Å². The van der Waals surface area contributed by atoms with Gasteiger partial charge in [0.2, 0.25) is 11.7 Å². The van der Waals surface area contributed by atoms with Crippen molar-refractivity contribution in [1.82, 2.24) is 29.0 Å². The second kappa shape index (κ2) is 11.9. The molecule has 3 aromatic heterocycles. The van der Waals surface area contributed by atoms with Crippen LogP contribution in [0.4, 0.5) is 18.9 Å². The van der Waals surface area contributed by atoms with E-state index in [4.69, 9.17) is 9.72 Å². The minimum Gasteiger partial charge on any atom is -0.505 e. The second-order valence-electron chi connectivity index (χ2n) is 12.5. The van der Waals surface area contributed by atoms with Crippen LogP contribution in [0.5, 0.6) is 5.75 Å². The molecular weight excluding hydrogens is 631 g/mol. The summed E-state index contributed by atoms with van der Waals surface area (Å²) in [5.41, 5.74) is 0.370. The zero-order valence-corrected chi connectivity index (χ0v) is 26.0. The molecule has 48 heavy (non-hydrogen) atoms. The number of pyridine rings is 1. The number of likely N-dealkylation sites (tertiary alicyclic amines) is 1. The molecule has 1 aromatic carbocycles. The maximum absolute atomic E-state index is 14.3. The van der Waals surface area contributed by atoms with Crippen LogP contribution in [0.3, 0.4) is 0 Å². The van der Waals surface area contributed by atoms with Gasteiger partial charge in [0.05, 0.1) is 18.8 Å². The molecule has 0 radical (unpaired) electrons. The van der Waals surface area contributed by atoms with Crippen LogP contribution in [0.2, 0.25) is 0 Å². The molecule has 1 fully saturated rings. The SMILES string of the molecule is C[C@@H]1CC2(CCN(C(=O)c3ncccc3O)CC2)c2c1n(CC(=O)Nc1ccc(C(F)(F)F)cc1)c1nc(C3=CCOCC3)nn1c2=O. The maximum atomic E-state index is 14.3. The van der Waals surface area contributed by atoms with Crippen molar-refractivity contribution >= 4 is 28.9 Å². The third kappa shape index (κ3) is 5.51. The summed E-state index contributed by atoms with van der Waals surface area (Å²) < 4.78 is 47.6. The lowest BCUT2D eigenvalue weighted by Gasteiger charge is -2.39. The number of aromatic hydroxyl groups is 1. The predicted molar refractivity (Wildman–Crippen MR) is 166 cm³/mol. The number of nitrogens with zero attached hydrogens (tertiary/aromatic N) is 6. The normalized spacial score (nSPS) is 19.0. The highest BCUT2D eigenvalue weighted by Crippen LogP contribution is 2.50. The number of alkyl halides is 3. The lowest BCUT2D eigenvalue weighted by molar-refractivity contribution is -0.137. The summed E-state index contributed by atoms with van der Waals surface area (Å²) in [5, 5.41) is 17.5. The monoisotopic (exact) mass is 663 g/mol. The zero-order valence-electron chi connectivity index (χ0n) is 26.0. The Hall–Kier alpha value is -5.05. The Morgan fingerprint density at radius 1 is 1.15 bits per heavy atom. The first-order valence-corrected chi connectivity index (χ1v) is 15.7. The molecule has 0 bridgehead atoms. The van der Waals surface area contributed by atoms with E-state index < -0.39 is 29.0 Å². The quantitative estimate of drug-likeness (QED) is 0.325. The van der Waals surface area contributed by atoms with E-state index in [2.05, 4.69) is 15.4 Å². The highest BCUT2D eigenvalue weighted by molar-refractivity contribution is 5.95. The molecule has 250 valence electrons. The minimum atomic E-state index is -4.51. The van der Waals surface area contributed by atoms with Crippen molar-refractivity contribution in [2.75, 3.05) is 31.6 Å². The van der Waals surface area contributed by atoms with Crippen LogP contribution >= 0.6 is 0 Å². The molecule has 0 unspecified atom stereocenters. The van der Waals surface area contributed by atoms with Crippen LogP contribution in [0.1, 0.15) is 71.7 Å². The molecule has 1 saturated heterocycles. The molecule has 2 aliphatic heterocycles. The number of aromatic nitrogens is 5. The van der Waals surface area contributed by atoms with E-state index in [1.165, 1.54) is 35.0 Å². The molecule has 2 amide bonds. The maximum Gasteiger partial charge on any atom is 0.416 e. The first kappa shape index (κ1) is 31.5. The van der Waals surface area contributed by atoms with Crippen LogP contribution in [-0.2, 0) is 27.7 Å². The molecule has 1 aliphatic carbocycles. The third-order valence-electron chi connectivity index (χ3n) is 9.52. The fraction of sp³-hybridized carbons (Fsp3) is 0.394. The highest BCUT2D eigenvalue weighted by Gasteiger charge is 2.49. The van der Waals surface area contributed by atoms with E-state index >= 15 is 0 Å². The highest BCUT2D eigenvalue weighted by atomic mass is 19.4. The number of ether oxygens (including phenoxy) is 1. The van der Waals surface area contributed by atoms with Crippen molar-refractivity contribution in [3.8, 4) is 5.75 Å². The van der Waals surface area contributed by atoms with E-state index in [-0.39, 0.29) is 40.9 Å². The molecule has 5 heterocycles. The molecular formula is C33H32F3N7O5. The summed E-state index contributed by atoms with van der Waals surface area (Å²) in [6, 6.07) is 7.13. The molecule has 3 aliphatic rings. The van der Waals surface area contributed by atoms with Gasteiger partial charge in [0.1, 0.15) is 12.3 Å². The van der Waals surface area contributed by atoms with Crippen LogP contribution in [0.15, 0.2) is 53.5 Å². The van der Waals surface area contributed by atoms with Gasteiger partial charge in [-0.05, 0) is 73.6 Å². The molecule has 1 spiro atoms. The smallest absolute Gasteiger partial charge is 0.416 e. The molecule has 2 N–H and O–H groups in total. The molecule has 12 nitrogen and oxygen atoms in total. The predicted octanol–water partition coefficient (Wildman–Crippen LogP) is 4.13. The molecule has 1 atom stereocenters. The van der Waals surface area contributed by atoms with Gasteiger partial charge in [-0.1, -0.05) is 13.0 Å². The number of nitrogens with one attached hydrogen (secondary N) is 1. The molecule has 7 rings (SSSR count). The average molecular weight is 664 g/mol. The Balaban J connectivity index is 1.25. The minimum absolute atomic E-state index is 0.0330. The summed E-state index contributed by atoms with van der Waals surface area (Å²) in [5.74, 6) is -0.738. The van der Waals surface area contributed by atoms with Crippen molar-refractivity contribution in [2.24, 2.45) is 0 Å². The summed E-state index contributed by atoms with van der Waals surface area (Å²) >= 11 is 0. The Kier molecular flexibility index (Phi) is 7.81. The third-order valence-corrected chi connectivity index (χ3v) is 9.52. The summed E-state index contributed by atoms with van der Waals surface area (Å²) in [7, 11) is 0. The summed E-state index contributed by atoms with van der Waals surface area (Å²) in [6.45, 7) is 3.22. The summed E-state index contributed by atoms with van der Waals surface area (Å²) in [6.07, 6.45) is 0.864. The summed E-state index contributed by atoms with van der Waals surface area (Å²) in [4.78, 5) is 51.4.